The third-order valence-electron chi connectivity index (χ3n) is 3.51. The summed E-state index contributed by atoms with van der Waals surface area (Å²) in [6.45, 7) is 0. The average molecular weight is 318 g/mol. The van der Waals surface area contributed by atoms with Crippen LogP contribution in [0.1, 0.15) is 25.7 Å². The molecule has 1 aromatic rings. The van der Waals surface area contributed by atoms with Gasteiger partial charge < -0.3 is 5.11 Å². The minimum absolute atomic E-state index is 0.0941. The molecule has 0 aliphatic heterocycles. The molecule has 0 bridgehead atoms. The largest absolute Gasteiger partial charge is 0.481 e. The molecule has 0 heterocycles. The van der Waals surface area contributed by atoms with Crippen molar-refractivity contribution in [3.63, 3.8) is 0 Å². The highest BCUT2D eigenvalue weighted by atomic mass is 35.5. The molecule has 0 aromatic heterocycles. The lowest BCUT2D eigenvalue weighted by molar-refractivity contribution is -0.143. The van der Waals surface area contributed by atoms with Gasteiger partial charge in [0.25, 0.3) is 0 Å². The monoisotopic (exact) mass is 317 g/mol. The molecular weight excluding hydrogens is 302 g/mol. The number of rotatable bonds is 4. The lowest BCUT2D eigenvalue weighted by Crippen LogP contribution is -2.44. The van der Waals surface area contributed by atoms with Crippen molar-refractivity contribution in [3.05, 3.63) is 29.3 Å². The van der Waals surface area contributed by atoms with Crippen LogP contribution in [-0.2, 0) is 14.8 Å². The van der Waals surface area contributed by atoms with Gasteiger partial charge in [-0.05, 0) is 37.1 Å². The lowest BCUT2D eigenvalue weighted by Gasteiger charge is -2.28. The second-order valence-electron chi connectivity index (χ2n) is 4.91. The molecular formula is C13H16ClNO4S. The first kappa shape index (κ1) is 15.3. The lowest BCUT2D eigenvalue weighted by atomic mass is 9.85. The smallest absolute Gasteiger partial charge is 0.308 e. The van der Waals surface area contributed by atoms with Crippen molar-refractivity contribution < 1.29 is 18.3 Å². The van der Waals surface area contributed by atoms with Gasteiger partial charge in [0.2, 0.25) is 10.0 Å². The number of hydrogen-bond acceptors (Lipinski definition) is 3. The Kier molecular flexibility index (Phi) is 4.67. The molecule has 0 saturated heterocycles. The first-order valence-corrected chi connectivity index (χ1v) is 8.27. The normalized spacial score (nSPS) is 23.4. The van der Waals surface area contributed by atoms with Crippen LogP contribution in [-0.4, -0.2) is 25.5 Å². The Morgan fingerprint density at radius 1 is 1.20 bits per heavy atom. The third kappa shape index (κ3) is 3.50. The van der Waals surface area contributed by atoms with E-state index in [1.165, 1.54) is 24.3 Å². The van der Waals surface area contributed by atoms with E-state index in [0.29, 0.717) is 17.9 Å². The molecule has 110 valence electrons. The van der Waals surface area contributed by atoms with Gasteiger partial charge >= 0.3 is 5.97 Å². The van der Waals surface area contributed by atoms with E-state index < -0.39 is 28.0 Å². The second-order valence-corrected chi connectivity index (χ2v) is 7.06. The van der Waals surface area contributed by atoms with Crippen LogP contribution >= 0.6 is 11.6 Å². The predicted octanol–water partition coefficient (Wildman–Crippen LogP) is 2.26. The fraction of sp³-hybridized carbons (Fsp3) is 0.462. The van der Waals surface area contributed by atoms with Gasteiger partial charge in [0, 0.05) is 11.1 Å². The van der Waals surface area contributed by atoms with Gasteiger partial charge in [0.05, 0.1) is 10.8 Å². The van der Waals surface area contributed by atoms with E-state index in [-0.39, 0.29) is 4.90 Å². The molecule has 1 aliphatic carbocycles. The summed E-state index contributed by atoms with van der Waals surface area (Å²) in [6.07, 6.45) is 2.70. The van der Waals surface area contributed by atoms with Crippen LogP contribution in [0.4, 0.5) is 0 Å². The number of halogens is 1. The molecule has 2 unspecified atom stereocenters. The molecule has 2 rings (SSSR count). The van der Waals surface area contributed by atoms with Gasteiger partial charge in [0.15, 0.2) is 0 Å². The molecule has 2 N–H and O–H groups in total. The number of carbonyl (C=O) groups is 1. The Hall–Kier alpha value is -1.11. The van der Waals surface area contributed by atoms with E-state index in [4.69, 9.17) is 16.7 Å². The minimum Gasteiger partial charge on any atom is -0.481 e. The Bertz CT molecular complexity index is 585. The maximum Gasteiger partial charge on any atom is 0.308 e. The summed E-state index contributed by atoms with van der Waals surface area (Å²) < 4.78 is 27.0. The van der Waals surface area contributed by atoms with Crippen molar-refractivity contribution in [2.45, 2.75) is 36.6 Å². The van der Waals surface area contributed by atoms with E-state index in [9.17, 15) is 13.2 Å². The Labute approximate surface area is 123 Å². The highest BCUT2D eigenvalue weighted by Crippen LogP contribution is 2.26. The first-order valence-electron chi connectivity index (χ1n) is 6.41. The number of nitrogens with one attached hydrogen (secondary N) is 1. The number of hydrogen-bond donors (Lipinski definition) is 2. The number of carboxylic acids is 1. The zero-order valence-corrected chi connectivity index (χ0v) is 12.3. The number of carboxylic acid groups (broad SMARTS) is 1. The van der Waals surface area contributed by atoms with Crippen molar-refractivity contribution in [3.8, 4) is 0 Å². The van der Waals surface area contributed by atoms with Crippen molar-refractivity contribution in [1.29, 1.82) is 0 Å². The van der Waals surface area contributed by atoms with Crippen molar-refractivity contribution in [2.24, 2.45) is 5.92 Å². The summed E-state index contributed by atoms with van der Waals surface area (Å²) >= 11 is 5.73. The zero-order valence-electron chi connectivity index (χ0n) is 10.8. The van der Waals surface area contributed by atoms with E-state index in [2.05, 4.69) is 4.72 Å². The first-order chi connectivity index (χ1) is 9.40. The van der Waals surface area contributed by atoms with E-state index >= 15 is 0 Å². The molecule has 1 aromatic carbocycles. The second kappa shape index (κ2) is 6.11. The molecule has 0 spiro atoms. The molecule has 1 aliphatic rings. The van der Waals surface area contributed by atoms with Crippen molar-refractivity contribution >= 4 is 27.6 Å². The fourth-order valence-corrected chi connectivity index (χ4v) is 3.89. The highest BCUT2D eigenvalue weighted by Gasteiger charge is 2.33. The Morgan fingerprint density at radius 3 is 2.40 bits per heavy atom. The Morgan fingerprint density at radius 2 is 1.80 bits per heavy atom. The maximum absolute atomic E-state index is 12.2. The highest BCUT2D eigenvalue weighted by molar-refractivity contribution is 7.89. The predicted molar refractivity (Wildman–Crippen MR) is 75.2 cm³/mol. The molecule has 1 saturated carbocycles. The van der Waals surface area contributed by atoms with Gasteiger partial charge in [-0.3, -0.25) is 4.79 Å². The van der Waals surface area contributed by atoms with Gasteiger partial charge in [-0.1, -0.05) is 24.4 Å². The van der Waals surface area contributed by atoms with Crippen LogP contribution in [0.15, 0.2) is 29.2 Å². The van der Waals surface area contributed by atoms with Gasteiger partial charge in [-0.15, -0.1) is 0 Å². The van der Waals surface area contributed by atoms with Crippen LogP contribution < -0.4 is 4.72 Å². The quantitative estimate of drug-likeness (QED) is 0.892. The van der Waals surface area contributed by atoms with Crippen LogP contribution in [0, 0.1) is 5.92 Å². The molecule has 0 amide bonds. The SMILES string of the molecule is O=C(O)C1CCCCC1NS(=O)(=O)c1ccc(Cl)cc1. The van der Waals surface area contributed by atoms with E-state index in [1.807, 2.05) is 0 Å². The maximum atomic E-state index is 12.2. The molecule has 0 radical (unpaired) electrons. The zero-order chi connectivity index (χ0) is 14.8. The van der Waals surface area contributed by atoms with Gasteiger partial charge in [-0.25, -0.2) is 13.1 Å². The fourth-order valence-electron chi connectivity index (χ4n) is 2.45. The molecule has 1 fully saturated rings. The van der Waals surface area contributed by atoms with E-state index in [0.717, 1.165) is 12.8 Å². The summed E-state index contributed by atoms with van der Waals surface area (Å²) in [5.74, 6) is -1.61. The Balaban J connectivity index is 2.18. The van der Waals surface area contributed by atoms with Crippen molar-refractivity contribution in [2.75, 3.05) is 0 Å². The molecule has 7 heteroatoms. The summed E-state index contributed by atoms with van der Waals surface area (Å²) in [6, 6.07) is 5.24. The number of sulfonamides is 1. The molecule has 5 nitrogen and oxygen atoms in total. The summed E-state index contributed by atoms with van der Waals surface area (Å²) in [5.41, 5.74) is 0. The third-order valence-corrected chi connectivity index (χ3v) is 5.27. The van der Waals surface area contributed by atoms with Crippen LogP contribution in [0.3, 0.4) is 0 Å². The number of benzene rings is 1. The summed E-state index contributed by atoms with van der Waals surface area (Å²) in [5, 5.41) is 9.61. The van der Waals surface area contributed by atoms with Gasteiger partial charge in [0.1, 0.15) is 0 Å². The number of aliphatic carboxylic acids is 1. The van der Waals surface area contributed by atoms with Crippen LogP contribution in [0.2, 0.25) is 5.02 Å². The molecule has 20 heavy (non-hydrogen) atoms. The van der Waals surface area contributed by atoms with Crippen LogP contribution in [0.5, 0.6) is 0 Å². The van der Waals surface area contributed by atoms with E-state index in [1.54, 1.807) is 0 Å². The molecule has 2 atom stereocenters. The average Bonchev–Trinajstić information content (AvgIpc) is 2.39. The van der Waals surface area contributed by atoms with Gasteiger partial charge in [-0.2, -0.15) is 0 Å². The summed E-state index contributed by atoms with van der Waals surface area (Å²) in [7, 11) is -3.72. The topological polar surface area (TPSA) is 83.5 Å². The van der Waals surface area contributed by atoms with Crippen molar-refractivity contribution in [1.82, 2.24) is 4.72 Å². The standard InChI is InChI=1S/C13H16ClNO4S/c14-9-5-7-10(8-6-9)20(18,19)15-12-4-2-1-3-11(12)13(16)17/h5-8,11-12,15H,1-4H2,(H,16,17). The summed E-state index contributed by atoms with van der Waals surface area (Å²) in [4.78, 5) is 11.3. The van der Waals surface area contributed by atoms with Crippen LogP contribution in [0.25, 0.3) is 0 Å². The minimum atomic E-state index is -3.72.